The molecule has 0 radical (unpaired) electrons. The number of nitro groups is 1. The number of aromatic nitrogens is 1. The van der Waals surface area contributed by atoms with Gasteiger partial charge in [-0.1, -0.05) is 119 Å². The normalized spacial score (nSPS) is 19.4. The molecule has 0 spiro atoms. The topological polar surface area (TPSA) is 168 Å². The Morgan fingerprint density at radius 1 is 0.889 bits per heavy atom. The Bertz CT molecular complexity index is 2510. The molecule has 2 heterocycles. The van der Waals surface area contributed by atoms with Gasteiger partial charge in [0.25, 0.3) is 14.0 Å². The first-order valence-corrected chi connectivity index (χ1v) is 24.7. The van der Waals surface area contributed by atoms with Crippen LogP contribution in [0.5, 0.6) is 0 Å². The first kappa shape index (κ1) is 47.3. The summed E-state index contributed by atoms with van der Waals surface area (Å²) in [7, 11) is -6.58. The zero-order valence-electron chi connectivity index (χ0n) is 37.4. The summed E-state index contributed by atoms with van der Waals surface area (Å²) in [4.78, 5) is 39.9. The van der Waals surface area contributed by atoms with E-state index in [4.69, 9.17) is 13.9 Å². The van der Waals surface area contributed by atoms with Crippen molar-refractivity contribution < 1.29 is 41.9 Å². The Kier molecular flexibility index (Phi) is 13.9. The van der Waals surface area contributed by atoms with E-state index in [1.807, 2.05) is 36.4 Å². The first-order valence-electron chi connectivity index (χ1n) is 21.3. The molecule has 13 nitrogen and oxygen atoms in total. The minimum Gasteiger partial charge on any atom is -0.469 e. The zero-order valence-corrected chi connectivity index (χ0v) is 39.2. The molecule has 0 saturated heterocycles. The van der Waals surface area contributed by atoms with E-state index in [0.29, 0.717) is 16.5 Å². The molecule has 1 aliphatic rings. The van der Waals surface area contributed by atoms with Crippen molar-refractivity contribution in [3.05, 3.63) is 131 Å². The van der Waals surface area contributed by atoms with Crippen LogP contribution in [0.15, 0.2) is 114 Å². The molecule has 3 atom stereocenters. The lowest BCUT2D eigenvalue weighted by Crippen LogP contribution is -2.67. The molecule has 1 unspecified atom stereocenters. The predicted octanol–water partition coefficient (Wildman–Crippen LogP) is 7.95. The van der Waals surface area contributed by atoms with Crippen molar-refractivity contribution in [2.45, 2.75) is 101 Å². The number of sulfonamides is 1. The molecule has 0 fully saturated rings. The van der Waals surface area contributed by atoms with E-state index in [1.54, 1.807) is 52.0 Å². The van der Waals surface area contributed by atoms with Gasteiger partial charge in [-0.25, -0.2) is 17.8 Å². The minimum atomic E-state index is -4.65. The third kappa shape index (κ3) is 9.67. The lowest BCUT2D eigenvalue weighted by molar-refractivity contribution is -0.387. The molecule has 1 aliphatic heterocycles. The molecular weight excluding hydrogens is 839 g/mol. The molecule has 15 heteroatoms. The van der Waals surface area contributed by atoms with Gasteiger partial charge in [-0.05, 0) is 85.5 Å². The second-order valence-electron chi connectivity index (χ2n) is 18.4. The molecule has 4 aromatic carbocycles. The fourth-order valence-electron chi connectivity index (χ4n) is 9.14. The highest BCUT2D eigenvalue weighted by Gasteiger charge is 2.51. The highest BCUT2D eigenvalue weighted by Crippen LogP contribution is 2.42. The van der Waals surface area contributed by atoms with E-state index in [0.717, 1.165) is 20.7 Å². The number of esters is 1. The molecule has 5 aromatic rings. The quantitative estimate of drug-likeness (QED) is 0.0629. The van der Waals surface area contributed by atoms with E-state index in [-0.39, 0.29) is 44.5 Å². The number of nitrogens with zero attached hydrogens (tertiary/aromatic N) is 3. The molecule has 0 saturated carbocycles. The lowest BCUT2D eigenvalue weighted by Gasteiger charge is -2.44. The number of nitro benzene ring substituents is 1. The summed E-state index contributed by atoms with van der Waals surface area (Å²) in [6.07, 6.45) is -0.689. The molecule has 0 amide bonds. The largest absolute Gasteiger partial charge is 0.469 e. The van der Waals surface area contributed by atoms with Crippen LogP contribution in [0, 0.1) is 16.0 Å². The van der Waals surface area contributed by atoms with E-state index >= 15 is 0 Å². The fraction of sp³-hybridized carbons (Fsp3) is 0.417. The van der Waals surface area contributed by atoms with Gasteiger partial charge < -0.3 is 19.0 Å². The smallest absolute Gasteiger partial charge is 0.419 e. The number of carbonyl (C=O) groups is 2. The van der Waals surface area contributed by atoms with Crippen molar-refractivity contribution in [2.24, 2.45) is 5.92 Å². The SMILES string of the molecule is CC[C@]1(O)C[C@H](CO[Si](c2ccccc2)(c2ccccc2)C(C)(C)C)CC(C(=O)OC)c2c(c3ccccc3n2C(=O)OC(C)(C)C)CCN(S(=O)(=O)c2ccccc2[N+](=O)[O-])C1. The summed E-state index contributed by atoms with van der Waals surface area (Å²) in [6, 6.07) is 32.3. The number of rotatable bonds is 10. The Hall–Kier alpha value is -5.19. The van der Waals surface area contributed by atoms with Crippen molar-refractivity contribution in [3.63, 3.8) is 0 Å². The maximum absolute atomic E-state index is 14.8. The van der Waals surface area contributed by atoms with Gasteiger partial charge in [-0.3, -0.25) is 14.9 Å². The number of methoxy groups -OCH3 is 1. The van der Waals surface area contributed by atoms with E-state index in [2.05, 4.69) is 45.0 Å². The van der Waals surface area contributed by atoms with Crippen LogP contribution in [0.1, 0.15) is 84.9 Å². The number of benzene rings is 4. The van der Waals surface area contributed by atoms with Crippen LogP contribution in [0.25, 0.3) is 10.9 Å². The second kappa shape index (κ2) is 18.5. The summed E-state index contributed by atoms with van der Waals surface area (Å²) >= 11 is 0. The van der Waals surface area contributed by atoms with E-state index in [9.17, 15) is 33.2 Å². The van der Waals surface area contributed by atoms with Gasteiger partial charge in [-0.2, -0.15) is 4.31 Å². The zero-order chi connectivity index (χ0) is 46.0. The van der Waals surface area contributed by atoms with Crippen LogP contribution in [0.4, 0.5) is 10.5 Å². The van der Waals surface area contributed by atoms with Crippen LogP contribution in [-0.4, -0.2) is 85.7 Å². The van der Waals surface area contributed by atoms with Crippen molar-refractivity contribution >= 4 is 57.4 Å². The molecule has 0 aliphatic carbocycles. The molecular formula is C48H59N3O10SSi. The predicted molar refractivity (Wildman–Crippen MR) is 245 cm³/mol. The molecule has 0 bridgehead atoms. The molecule has 63 heavy (non-hydrogen) atoms. The van der Waals surface area contributed by atoms with Crippen LogP contribution in [0.2, 0.25) is 5.04 Å². The Balaban J connectivity index is 1.62. The number of ether oxygens (including phenoxy) is 2. The average Bonchev–Trinajstić information content (AvgIpc) is 3.56. The monoisotopic (exact) mass is 897 g/mol. The Morgan fingerprint density at radius 2 is 1.46 bits per heavy atom. The van der Waals surface area contributed by atoms with Crippen LogP contribution in [0.3, 0.4) is 0 Å². The van der Waals surface area contributed by atoms with E-state index < -0.39 is 80.5 Å². The number of carbonyl (C=O) groups excluding carboxylic acids is 2. The highest BCUT2D eigenvalue weighted by molar-refractivity contribution is 7.89. The number of fused-ring (bicyclic) bond motifs is 3. The van der Waals surface area contributed by atoms with Crippen LogP contribution < -0.4 is 10.4 Å². The highest BCUT2D eigenvalue weighted by atomic mass is 32.2. The maximum atomic E-state index is 14.8. The van der Waals surface area contributed by atoms with Gasteiger partial charge in [0.2, 0.25) is 10.0 Å². The standard InChI is InChI=1S/C48H59N3O10SSi/c1-9-48(54)31-34(32-60-63(47(5,6)7,35-20-12-10-13-21-35)36-22-14-11-15-23-36)30-39(44(52)59-8)43-38(37-24-16-17-25-40(37)50(43)45(53)61-46(2,3)4)28-29-49(33-48)62(57,58)42-27-19-18-26-41(42)51(55)56/h10-27,34,39,54H,9,28-33H2,1-8H3/t34-,39?,48+/m1/s1. The minimum absolute atomic E-state index is 0.0298. The van der Waals surface area contributed by atoms with Crippen molar-refractivity contribution in [2.75, 3.05) is 26.8 Å². The van der Waals surface area contributed by atoms with Crippen LogP contribution >= 0.6 is 0 Å². The lowest BCUT2D eigenvalue weighted by atomic mass is 9.82. The Morgan fingerprint density at radius 3 is 2.02 bits per heavy atom. The molecule has 336 valence electrons. The summed E-state index contributed by atoms with van der Waals surface area (Å²) in [6.45, 7) is 12.8. The molecule has 6 rings (SSSR count). The number of para-hydroxylation sites is 2. The summed E-state index contributed by atoms with van der Waals surface area (Å²) in [5, 5.41) is 27.2. The second-order valence-corrected chi connectivity index (χ2v) is 24.7. The van der Waals surface area contributed by atoms with E-state index in [1.165, 1.54) is 29.9 Å². The van der Waals surface area contributed by atoms with Crippen molar-refractivity contribution in [1.29, 1.82) is 0 Å². The van der Waals surface area contributed by atoms with Crippen LogP contribution in [-0.2, 0) is 35.1 Å². The van der Waals surface area contributed by atoms with Gasteiger partial charge in [0.1, 0.15) is 5.60 Å². The summed E-state index contributed by atoms with van der Waals surface area (Å²) < 4.78 is 51.2. The third-order valence-corrected chi connectivity index (χ3v) is 18.9. The first-order chi connectivity index (χ1) is 29.7. The number of hydrogen-bond acceptors (Lipinski definition) is 10. The fourth-order valence-corrected chi connectivity index (χ4v) is 15.5. The number of aliphatic hydroxyl groups is 1. The van der Waals surface area contributed by atoms with Crippen molar-refractivity contribution in [1.82, 2.24) is 8.87 Å². The summed E-state index contributed by atoms with van der Waals surface area (Å²) in [5.74, 6) is -2.40. The maximum Gasteiger partial charge on any atom is 0.419 e. The summed E-state index contributed by atoms with van der Waals surface area (Å²) in [5.41, 5.74) is -2.02. The Labute approximate surface area is 371 Å². The average molecular weight is 898 g/mol. The van der Waals surface area contributed by atoms with Gasteiger partial charge in [0.15, 0.2) is 4.90 Å². The molecule has 1 N–H and O–H groups in total. The van der Waals surface area contributed by atoms with Gasteiger partial charge in [0.05, 0.1) is 29.1 Å². The van der Waals surface area contributed by atoms with Gasteiger partial charge in [-0.15, -0.1) is 0 Å². The third-order valence-electron chi connectivity index (χ3n) is 12.0. The number of hydrogen-bond donors (Lipinski definition) is 1. The molecule has 1 aromatic heterocycles. The number of β-amino-alcohol motifs (C(OH)–C–C–N with tert-alkyl or cyclic N) is 1. The van der Waals surface area contributed by atoms with Gasteiger partial charge >= 0.3 is 12.1 Å². The van der Waals surface area contributed by atoms with Crippen molar-refractivity contribution in [3.8, 4) is 0 Å². The van der Waals surface area contributed by atoms with Gasteiger partial charge in [0, 0.05) is 36.8 Å².